The van der Waals surface area contributed by atoms with Crippen molar-refractivity contribution >= 4 is 5.97 Å². The fraction of sp³-hybridized carbons (Fsp3) is 0.941. The molecule has 0 spiro atoms. The maximum atomic E-state index is 12.2. The minimum atomic E-state index is -0.0159. The molecule has 2 fully saturated rings. The van der Waals surface area contributed by atoms with Crippen molar-refractivity contribution in [1.29, 1.82) is 0 Å². The number of nitrogens with zero attached hydrogens (tertiary/aromatic N) is 2. The number of hydrogen-bond donors (Lipinski definition) is 0. The fourth-order valence-electron chi connectivity index (χ4n) is 4.24. The van der Waals surface area contributed by atoms with Crippen molar-refractivity contribution in [2.24, 2.45) is 11.8 Å². The third kappa shape index (κ3) is 3.78. The van der Waals surface area contributed by atoms with Crippen molar-refractivity contribution in [2.45, 2.75) is 52.0 Å². The molecule has 0 radical (unpaired) electrons. The van der Waals surface area contributed by atoms with E-state index in [9.17, 15) is 4.79 Å². The SMILES string of the molecule is CCOC(=O)CC1(N2CCN(C)CC2)CCC(C)CC1C. The van der Waals surface area contributed by atoms with Crippen molar-refractivity contribution in [3.8, 4) is 0 Å². The van der Waals surface area contributed by atoms with Crippen LogP contribution in [0.1, 0.15) is 46.5 Å². The van der Waals surface area contributed by atoms with Gasteiger partial charge in [0.15, 0.2) is 0 Å². The molecule has 0 aromatic rings. The maximum Gasteiger partial charge on any atom is 0.307 e. The zero-order valence-electron chi connectivity index (χ0n) is 14.2. The van der Waals surface area contributed by atoms with Crippen LogP contribution in [0.15, 0.2) is 0 Å². The lowest BCUT2D eigenvalue weighted by molar-refractivity contribution is -0.150. The predicted molar refractivity (Wildman–Crippen MR) is 85.2 cm³/mol. The lowest BCUT2D eigenvalue weighted by Gasteiger charge is -2.53. The summed E-state index contributed by atoms with van der Waals surface area (Å²) >= 11 is 0. The average molecular weight is 296 g/mol. The van der Waals surface area contributed by atoms with Gasteiger partial charge in [-0.05, 0) is 45.1 Å². The number of piperazine rings is 1. The number of likely N-dealkylation sites (N-methyl/N-ethyl adjacent to an activating group) is 1. The van der Waals surface area contributed by atoms with E-state index in [0.29, 0.717) is 18.9 Å². The molecule has 3 atom stereocenters. The van der Waals surface area contributed by atoms with Gasteiger partial charge in [-0.15, -0.1) is 0 Å². The van der Waals surface area contributed by atoms with Gasteiger partial charge in [0.1, 0.15) is 0 Å². The van der Waals surface area contributed by atoms with Crippen molar-refractivity contribution in [2.75, 3.05) is 39.8 Å². The van der Waals surface area contributed by atoms with Crippen molar-refractivity contribution in [3.63, 3.8) is 0 Å². The molecule has 4 nitrogen and oxygen atoms in total. The molecule has 2 aliphatic rings. The predicted octanol–water partition coefficient (Wildman–Crippen LogP) is 2.38. The van der Waals surface area contributed by atoms with Gasteiger partial charge in [0.05, 0.1) is 13.0 Å². The molecule has 0 N–H and O–H groups in total. The highest BCUT2D eigenvalue weighted by Gasteiger charge is 2.46. The summed E-state index contributed by atoms with van der Waals surface area (Å²) in [5.41, 5.74) is 0.0278. The molecule has 3 unspecified atom stereocenters. The van der Waals surface area contributed by atoms with E-state index in [-0.39, 0.29) is 11.5 Å². The van der Waals surface area contributed by atoms with E-state index >= 15 is 0 Å². The van der Waals surface area contributed by atoms with Gasteiger partial charge >= 0.3 is 5.97 Å². The van der Waals surface area contributed by atoms with Crippen LogP contribution in [0.2, 0.25) is 0 Å². The van der Waals surface area contributed by atoms with Gasteiger partial charge in [-0.1, -0.05) is 13.8 Å². The molecule has 122 valence electrons. The Hall–Kier alpha value is -0.610. The first-order valence-electron chi connectivity index (χ1n) is 8.57. The van der Waals surface area contributed by atoms with Crippen LogP contribution in [0.25, 0.3) is 0 Å². The van der Waals surface area contributed by atoms with E-state index in [2.05, 4.69) is 30.7 Å². The molecule has 1 heterocycles. The van der Waals surface area contributed by atoms with E-state index in [1.165, 1.54) is 12.8 Å². The lowest BCUT2D eigenvalue weighted by Crippen LogP contribution is -2.61. The molecule has 2 rings (SSSR count). The number of rotatable bonds is 4. The highest BCUT2D eigenvalue weighted by atomic mass is 16.5. The Balaban J connectivity index is 2.15. The summed E-state index contributed by atoms with van der Waals surface area (Å²) in [7, 11) is 2.18. The Morgan fingerprint density at radius 1 is 1.24 bits per heavy atom. The second-order valence-electron chi connectivity index (χ2n) is 7.16. The van der Waals surface area contributed by atoms with E-state index in [1.54, 1.807) is 0 Å². The van der Waals surface area contributed by atoms with E-state index in [4.69, 9.17) is 4.74 Å². The number of carbonyl (C=O) groups is 1. The van der Waals surface area contributed by atoms with Crippen LogP contribution < -0.4 is 0 Å². The summed E-state index contributed by atoms with van der Waals surface area (Å²) in [4.78, 5) is 17.2. The molecule has 1 aliphatic carbocycles. The standard InChI is InChI=1S/C17H32N2O2/c1-5-21-16(20)13-17(7-6-14(2)12-15(17)3)19-10-8-18(4)9-11-19/h14-15H,5-13H2,1-4H3. The minimum absolute atomic E-state index is 0.0159. The molecule has 1 saturated heterocycles. The van der Waals surface area contributed by atoms with E-state index < -0.39 is 0 Å². The van der Waals surface area contributed by atoms with Crippen LogP contribution in [-0.4, -0.2) is 61.1 Å². The van der Waals surface area contributed by atoms with Crippen LogP contribution >= 0.6 is 0 Å². The average Bonchev–Trinajstić information content (AvgIpc) is 2.43. The zero-order chi connectivity index (χ0) is 15.5. The molecule has 21 heavy (non-hydrogen) atoms. The Morgan fingerprint density at radius 3 is 2.48 bits per heavy atom. The quantitative estimate of drug-likeness (QED) is 0.746. The van der Waals surface area contributed by atoms with Crippen LogP contribution in [0.3, 0.4) is 0 Å². The Morgan fingerprint density at radius 2 is 1.90 bits per heavy atom. The van der Waals surface area contributed by atoms with Crippen LogP contribution in [0.5, 0.6) is 0 Å². The van der Waals surface area contributed by atoms with Gasteiger partial charge in [-0.3, -0.25) is 9.69 Å². The molecule has 0 aromatic carbocycles. The van der Waals surface area contributed by atoms with Crippen molar-refractivity contribution in [3.05, 3.63) is 0 Å². The van der Waals surface area contributed by atoms with Crippen LogP contribution in [0.4, 0.5) is 0 Å². The lowest BCUT2D eigenvalue weighted by atomic mass is 9.67. The normalized spacial score (nSPS) is 35.6. The number of ether oxygens (including phenoxy) is 1. The van der Waals surface area contributed by atoms with Crippen molar-refractivity contribution < 1.29 is 9.53 Å². The molecule has 1 aliphatic heterocycles. The van der Waals surface area contributed by atoms with E-state index in [1.807, 2.05) is 6.92 Å². The molecule has 0 bridgehead atoms. The van der Waals surface area contributed by atoms with Crippen molar-refractivity contribution in [1.82, 2.24) is 9.80 Å². The topological polar surface area (TPSA) is 32.8 Å². The first kappa shape index (κ1) is 16.8. The van der Waals surface area contributed by atoms with Crippen LogP contribution in [0, 0.1) is 11.8 Å². The highest BCUT2D eigenvalue weighted by molar-refractivity contribution is 5.71. The summed E-state index contributed by atoms with van der Waals surface area (Å²) in [5.74, 6) is 1.33. The molecule has 0 aromatic heterocycles. The summed E-state index contributed by atoms with van der Waals surface area (Å²) in [6.07, 6.45) is 4.16. The zero-order valence-corrected chi connectivity index (χ0v) is 14.2. The summed E-state index contributed by atoms with van der Waals surface area (Å²) in [6.45, 7) is 11.4. The second-order valence-corrected chi connectivity index (χ2v) is 7.16. The summed E-state index contributed by atoms with van der Waals surface area (Å²) in [5, 5.41) is 0. The fourth-order valence-corrected chi connectivity index (χ4v) is 4.24. The Labute approximate surface area is 129 Å². The molecule has 0 amide bonds. The molecular weight excluding hydrogens is 264 g/mol. The number of hydrogen-bond acceptors (Lipinski definition) is 4. The summed E-state index contributed by atoms with van der Waals surface area (Å²) < 4.78 is 5.28. The van der Waals surface area contributed by atoms with Gasteiger partial charge in [0, 0.05) is 31.7 Å². The Kier molecular flexibility index (Phi) is 5.67. The third-order valence-corrected chi connectivity index (χ3v) is 5.63. The number of carbonyl (C=O) groups excluding carboxylic acids is 1. The molecule has 1 saturated carbocycles. The van der Waals surface area contributed by atoms with Gasteiger partial charge in [0.2, 0.25) is 0 Å². The largest absolute Gasteiger partial charge is 0.466 e. The van der Waals surface area contributed by atoms with Gasteiger partial charge in [0.25, 0.3) is 0 Å². The molecule has 4 heteroatoms. The second kappa shape index (κ2) is 7.10. The number of esters is 1. The highest BCUT2D eigenvalue weighted by Crippen LogP contribution is 2.43. The first-order chi connectivity index (χ1) is 9.98. The summed E-state index contributed by atoms with van der Waals surface area (Å²) in [6, 6.07) is 0. The smallest absolute Gasteiger partial charge is 0.307 e. The monoisotopic (exact) mass is 296 g/mol. The van der Waals surface area contributed by atoms with Gasteiger partial charge < -0.3 is 9.64 Å². The van der Waals surface area contributed by atoms with Gasteiger partial charge in [-0.25, -0.2) is 0 Å². The third-order valence-electron chi connectivity index (χ3n) is 5.63. The minimum Gasteiger partial charge on any atom is -0.466 e. The first-order valence-corrected chi connectivity index (χ1v) is 8.57. The van der Waals surface area contributed by atoms with Crippen LogP contribution in [-0.2, 0) is 9.53 Å². The Bertz CT molecular complexity index is 353. The van der Waals surface area contributed by atoms with E-state index in [0.717, 1.165) is 38.5 Å². The molecular formula is C17H32N2O2. The maximum absolute atomic E-state index is 12.2. The van der Waals surface area contributed by atoms with Gasteiger partial charge in [-0.2, -0.15) is 0 Å².